The monoisotopic (exact) mass is 292 g/mol. The topological polar surface area (TPSA) is 59.6 Å². The molecule has 1 heterocycles. The molecule has 0 radical (unpaired) electrons. The van der Waals surface area contributed by atoms with Crippen LogP contribution >= 0.6 is 0 Å². The molecule has 2 rings (SSSR count). The lowest BCUT2D eigenvalue weighted by molar-refractivity contribution is -0.121. The second-order valence-electron chi connectivity index (χ2n) is 5.33. The van der Waals surface area contributed by atoms with Gasteiger partial charge in [-0.3, -0.25) is 4.79 Å². The highest BCUT2D eigenvalue weighted by molar-refractivity contribution is 5.78. The van der Waals surface area contributed by atoms with Crippen molar-refractivity contribution in [2.45, 2.75) is 31.8 Å². The first-order chi connectivity index (χ1) is 10.2. The Hall–Kier alpha value is -1.59. The van der Waals surface area contributed by atoms with Gasteiger partial charge in [0.05, 0.1) is 13.7 Å². The van der Waals surface area contributed by atoms with Crippen LogP contribution in [0.15, 0.2) is 24.3 Å². The molecular formula is C16H24N2O3. The maximum atomic E-state index is 11.9. The molecule has 1 amide bonds. The zero-order valence-electron chi connectivity index (χ0n) is 12.7. The zero-order chi connectivity index (χ0) is 15.1. The third-order valence-corrected chi connectivity index (χ3v) is 3.77. The summed E-state index contributed by atoms with van der Waals surface area (Å²) in [6.07, 6.45) is 1.81. The molecule has 0 aromatic heterocycles. The van der Waals surface area contributed by atoms with Crippen LogP contribution in [0.2, 0.25) is 0 Å². The molecule has 1 aliphatic heterocycles. The van der Waals surface area contributed by atoms with Crippen LogP contribution in [-0.2, 0) is 9.53 Å². The van der Waals surface area contributed by atoms with E-state index in [0.717, 1.165) is 37.4 Å². The summed E-state index contributed by atoms with van der Waals surface area (Å²) >= 11 is 0. The van der Waals surface area contributed by atoms with Crippen LogP contribution in [0.3, 0.4) is 0 Å². The maximum absolute atomic E-state index is 11.9. The molecule has 0 spiro atoms. The first-order valence-corrected chi connectivity index (χ1v) is 7.43. The zero-order valence-corrected chi connectivity index (χ0v) is 12.7. The minimum absolute atomic E-state index is 0.0438. The molecule has 5 heteroatoms. The van der Waals surface area contributed by atoms with Crippen LogP contribution in [0.5, 0.6) is 5.75 Å². The Morgan fingerprint density at radius 1 is 1.33 bits per heavy atom. The van der Waals surface area contributed by atoms with E-state index in [4.69, 9.17) is 9.47 Å². The van der Waals surface area contributed by atoms with E-state index in [1.165, 1.54) is 0 Å². The number of carbonyl (C=O) groups excluding carboxylic acids is 1. The van der Waals surface area contributed by atoms with Crippen molar-refractivity contribution in [3.05, 3.63) is 29.8 Å². The average Bonchev–Trinajstić information content (AvgIpc) is 2.53. The van der Waals surface area contributed by atoms with Gasteiger partial charge in [-0.1, -0.05) is 12.1 Å². The van der Waals surface area contributed by atoms with Crippen LogP contribution in [0.25, 0.3) is 0 Å². The van der Waals surface area contributed by atoms with Crippen molar-refractivity contribution in [1.82, 2.24) is 10.6 Å². The Kier molecular flexibility index (Phi) is 6.02. The van der Waals surface area contributed by atoms with E-state index in [0.29, 0.717) is 6.54 Å². The second-order valence-corrected chi connectivity index (χ2v) is 5.33. The van der Waals surface area contributed by atoms with E-state index in [9.17, 15) is 4.79 Å². The number of methoxy groups -OCH3 is 1. The van der Waals surface area contributed by atoms with Gasteiger partial charge in [0.2, 0.25) is 5.91 Å². The number of hydrogen-bond acceptors (Lipinski definition) is 4. The highest BCUT2D eigenvalue weighted by Gasteiger charge is 2.16. The molecule has 1 fully saturated rings. The smallest absolute Gasteiger partial charge is 0.234 e. The van der Waals surface area contributed by atoms with Crippen molar-refractivity contribution in [3.63, 3.8) is 0 Å². The van der Waals surface area contributed by atoms with Gasteiger partial charge in [-0.25, -0.2) is 0 Å². The lowest BCUT2D eigenvalue weighted by Gasteiger charge is -2.23. The molecule has 116 valence electrons. The fraction of sp³-hybridized carbons (Fsp3) is 0.562. The van der Waals surface area contributed by atoms with Crippen molar-refractivity contribution < 1.29 is 14.3 Å². The summed E-state index contributed by atoms with van der Waals surface area (Å²) in [7, 11) is 1.65. The number of nitrogens with one attached hydrogen (secondary N) is 2. The fourth-order valence-corrected chi connectivity index (χ4v) is 2.38. The second kappa shape index (κ2) is 8.00. The van der Waals surface area contributed by atoms with Crippen LogP contribution in [0.1, 0.15) is 31.4 Å². The first kappa shape index (κ1) is 15.8. The van der Waals surface area contributed by atoms with Gasteiger partial charge in [0.1, 0.15) is 5.75 Å². The van der Waals surface area contributed by atoms with E-state index in [-0.39, 0.29) is 18.0 Å². The van der Waals surface area contributed by atoms with E-state index in [2.05, 4.69) is 10.6 Å². The summed E-state index contributed by atoms with van der Waals surface area (Å²) in [4.78, 5) is 11.9. The lowest BCUT2D eigenvalue weighted by Crippen LogP contribution is -2.43. The highest BCUT2D eigenvalue weighted by atomic mass is 16.5. The number of rotatable bonds is 6. The predicted molar refractivity (Wildman–Crippen MR) is 81.4 cm³/mol. The largest absolute Gasteiger partial charge is 0.497 e. The molecule has 1 atom stereocenters. The highest BCUT2D eigenvalue weighted by Crippen LogP contribution is 2.16. The van der Waals surface area contributed by atoms with Gasteiger partial charge in [-0.2, -0.15) is 0 Å². The van der Waals surface area contributed by atoms with Crippen LogP contribution < -0.4 is 15.4 Å². The molecule has 5 nitrogen and oxygen atoms in total. The van der Waals surface area contributed by atoms with E-state index < -0.39 is 0 Å². The molecule has 2 N–H and O–H groups in total. The fourth-order valence-electron chi connectivity index (χ4n) is 2.38. The van der Waals surface area contributed by atoms with Gasteiger partial charge >= 0.3 is 0 Å². The summed E-state index contributed by atoms with van der Waals surface area (Å²) in [5.74, 6) is 0.880. The third kappa shape index (κ3) is 5.02. The summed E-state index contributed by atoms with van der Waals surface area (Å²) in [6.45, 7) is 3.84. The van der Waals surface area contributed by atoms with Crippen LogP contribution in [0, 0.1) is 0 Å². The molecule has 0 bridgehead atoms. The maximum Gasteiger partial charge on any atom is 0.234 e. The molecule has 1 saturated heterocycles. The third-order valence-electron chi connectivity index (χ3n) is 3.77. The van der Waals surface area contributed by atoms with Gasteiger partial charge in [0.25, 0.3) is 0 Å². The molecule has 1 unspecified atom stereocenters. The van der Waals surface area contributed by atoms with Crippen molar-refractivity contribution >= 4 is 5.91 Å². The molecule has 1 aliphatic rings. The minimum atomic E-state index is 0.0438. The first-order valence-electron chi connectivity index (χ1n) is 7.43. The number of benzene rings is 1. The average molecular weight is 292 g/mol. The number of amides is 1. The van der Waals surface area contributed by atoms with Crippen molar-refractivity contribution in [3.8, 4) is 5.75 Å². The molecule has 21 heavy (non-hydrogen) atoms. The van der Waals surface area contributed by atoms with Gasteiger partial charge < -0.3 is 20.1 Å². The summed E-state index contributed by atoms with van der Waals surface area (Å²) in [5, 5.41) is 6.28. The molecule has 1 aromatic carbocycles. The summed E-state index contributed by atoms with van der Waals surface area (Å²) in [6, 6.07) is 8.24. The predicted octanol–water partition coefficient (Wildman–Crippen LogP) is 1.64. The Morgan fingerprint density at radius 3 is 2.62 bits per heavy atom. The lowest BCUT2D eigenvalue weighted by atomic mass is 10.1. The van der Waals surface area contributed by atoms with Crippen LogP contribution in [0.4, 0.5) is 0 Å². The normalized spacial score (nSPS) is 17.2. The van der Waals surface area contributed by atoms with E-state index in [1.807, 2.05) is 31.2 Å². The Morgan fingerprint density at radius 2 is 2.00 bits per heavy atom. The quantitative estimate of drug-likeness (QED) is 0.837. The Labute approximate surface area is 126 Å². The van der Waals surface area contributed by atoms with E-state index in [1.54, 1.807) is 7.11 Å². The molecule has 0 aliphatic carbocycles. The number of ether oxygens (including phenoxy) is 2. The molecule has 0 saturated carbocycles. The van der Waals surface area contributed by atoms with Gasteiger partial charge in [0, 0.05) is 25.3 Å². The number of carbonyl (C=O) groups is 1. The van der Waals surface area contributed by atoms with Gasteiger partial charge in [-0.15, -0.1) is 0 Å². The van der Waals surface area contributed by atoms with E-state index >= 15 is 0 Å². The van der Waals surface area contributed by atoms with Crippen LogP contribution in [-0.4, -0.2) is 38.8 Å². The Bertz CT molecular complexity index is 441. The van der Waals surface area contributed by atoms with Gasteiger partial charge in [0.15, 0.2) is 0 Å². The summed E-state index contributed by atoms with van der Waals surface area (Å²) in [5.41, 5.74) is 1.13. The number of hydrogen-bond donors (Lipinski definition) is 2. The van der Waals surface area contributed by atoms with Crippen molar-refractivity contribution in [2.75, 3.05) is 26.9 Å². The van der Waals surface area contributed by atoms with Crippen molar-refractivity contribution in [2.24, 2.45) is 0 Å². The van der Waals surface area contributed by atoms with Crippen molar-refractivity contribution in [1.29, 1.82) is 0 Å². The standard InChI is InChI=1S/C16H24N2O3/c1-12(13-3-5-15(20-2)6-4-13)17-11-16(19)18-14-7-9-21-10-8-14/h3-6,12,14,17H,7-11H2,1-2H3,(H,18,19). The molecule has 1 aromatic rings. The summed E-state index contributed by atoms with van der Waals surface area (Å²) < 4.78 is 10.4. The minimum Gasteiger partial charge on any atom is -0.497 e. The Balaban J connectivity index is 1.74. The van der Waals surface area contributed by atoms with Gasteiger partial charge in [-0.05, 0) is 37.5 Å². The molecular weight excluding hydrogens is 268 g/mol. The SMILES string of the molecule is COc1ccc(C(C)NCC(=O)NC2CCOCC2)cc1.